The van der Waals surface area contributed by atoms with Crippen LogP contribution in [-0.2, 0) is 4.79 Å². The average molecular weight is 336 g/mol. The van der Waals surface area contributed by atoms with Crippen molar-refractivity contribution in [1.82, 2.24) is 9.80 Å². The minimum absolute atomic E-state index is 0.209. The largest absolute Gasteiger partial charge is 0.336 e. The molecule has 1 amide bonds. The third-order valence-corrected chi connectivity index (χ3v) is 6.71. The molecule has 3 fully saturated rings. The summed E-state index contributed by atoms with van der Waals surface area (Å²) in [5, 5.41) is 0. The fraction of sp³-hybridized carbons (Fsp3) is 0.950. The Morgan fingerprint density at radius 3 is 2.04 bits per heavy atom. The van der Waals surface area contributed by atoms with Gasteiger partial charge >= 0.3 is 0 Å². The molecule has 0 aromatic carbocycles. The summed E-state index contributed by atoms with van der Waals surface area (Å²) < 4.78 is 0. The summed E-state index contributed by atoms with van der Waals surface area (Å²) in [6.07, 6.45) is 13.9. The molecule has 0 bridgehead atoms. The van der Waals surface area contributed by atoms with E-state index in [1.54, 1.807) is 0 Å². The SMILES string of the molecule is CC1(CN)CCN(CC(=O)N(C2CCCCC2)C2CCCCC2)C1. The summed E-state index contributed by atoms with van der Waals surface area (Å²) in [6, 6.07) is 1.02. The van der Waals surface area contributed by atoms with Gasteiger partial charge in [-0.25, -0.2) is 0 Å². The summed E-state index contributed by atoms with van der Waals surface area (Å²) in [5.74, 6) is 0.398. The number of hydrogen-bond acceptors (Lipinski definition) is 3. The van der Waals surface area contributed by atoms with E-state index >= 15 is 0 Å². The number of hydrogen-bond donors (Lipinski definition) is 1. The number of amides is 1. The van der Waals surface area contributed by atoms with Gasteiger partial charge in [0.2, 0.25) is 5.91 Å². The summed E-state index contributed by atoms with van der Waals surface area (Å²) in [5.41, 5.74) is 6.14. The molecule has 0 aromatic heterocycles. The van der Waals surface area contributed by atoms with E-state index in [9.17, 15) is 4.79 Å². The summed E-state index contributed by atoms with van der Waals surface area (Å²) in [6.45, 7) is 5.62. The molecule has 1 unspecified atom stereocenters. The van der Waals surface area contributed by atoms with Crippen molar-refractivity contribution in [3.63, 3.8) is 0 Å². The fourth-order valence-corrected chi connectivity index (χ4v) is 5.12. The second kappa shape index (κ2) is 8.18. The Kier molecular flexibility index (Phi) is 6.20. The van der Waals surface area contributed by atoms with E-state index in [1.165, 1.54) is 64.2 Å². The van der Waals surface area contributed by atoms with Gasteiger partial charge in [-0.15, -0.1) is 0 Å². The molecule has 4 heteroatoms. The Balaban J connectivity index is 1.64. The lowest BCUT2D eigenvalue weighted by atomic mass is 9.88. The van der Waals surface area contributed by atoms with Crippen molar-refractivity contribution in [2.45, 2.75) is 89.6 Å². The highest BCUT2D eigenvalue weighted by atomic mass is 16.2. The number of carbonyl (C=O) groups is 1. The molecule has 2 aliphatic carbocycles. The molecule has 1 aliphatic heterocycles. The van der Waals surface area contributed by atoms with Gasteiger partial charge < -0.3 is 10.6 Å². The third-order valence-electron chi connectivity index (χ3n) is 6.71. The fourth-order valence-electron chi connectivity index (χ4n) is 5.12. The highest BCUT2D eigenvalue weighted by Gasteiger charge is 2.37. The molecule has 2 N–H and O–H groups in total. The number of likely N-dealkylation sites (tertiary alicyclic amines) is 1. The molecule has 3 rings (SSSR count). The second-order valence-electron chi connectivity index (χ2n) is 8.86. The number of nitrogens with zero attached hydrogens (tertiary/aromatic N) is 2. The minimum atomic E-state index is 0.209. The highest BCUT2D eigenvalue weighted by Crippen LogP contribution is 2.32. The molecule has 0 radical (unpaired) electrons. The van der Waals surface area contributed by atoms with E-state index in [0.29, 0.717) is 24.5 Å². The Labute approximate surface area is 148 Å². The van der Waals surface area contributed by atoms with Gasteiger partial charge in [0, 0.05) is 18.6 Å². The summed E-state index contributed by atoms with van der Waals surface area (Å²) in [4.78, 5) is 18.0. The molecule has 1 heterocycles. The first kappa shape index (κ1) is 18.2. The van der Waals surface area contributed by atoms with E-state index in [2.05, 4.69) is 16.7 Å². The standard InChI is InChI=1S/C20H37N3O/c1-20(15-21)12-13-22(16-20)14-19(24)23(17-8-4-2-5-9-17)18-10-6-3-7-11-18/h17-18H,2-16,21H2,1H3. The van der Waals surface area contributed by atoms with Gasteiger partial charge in [-0.3, -0.25) is 9.69 Å². The predicted molar refractivity (Wildman–Crippen MR) is 98.8 cm³/mol. The maximum Gasteiger partial charge on any atom is 0.237 e. The zero-order valence-corrected chi connectivity index (χ0v) is 15.6. The highest BCUT2D eigenvalue weighted by molar-refractivity contribution is 5.79. The zero-order valence-electron chi connectivity index (χ0n) is 15.6. The molecule has 4 nitrogen and oxygen atoms in total. The Morgan fingerprint density at radius 2 is 1.58 bits per heavy atom. The first-order valence-corrected chi connectivity index (χ1v) is 10.3. The van der Waals surface area contributed by atoms with Gasteiger partial charge in [0.25, 0.3) is 0 Å². The maximum absolute atomic E-state index is 13.3. The van der Waals surface area contributed by atoms with E-state index in [1.807, 2.05) is 0 Å². The van der Waals surface area contributed by atoms with Gasteiger partial charge in [-0.2, -0.15) is 0 Å². The third kappa shape index (κ3) is 4.32. The van der Waals surface area contributed by atoms with Crippen molar-refractivity contribution in [2.24, 2.45) is 11.1 Å². The van der Waals surface area contributed by atoms with Crippen LogP contribution >= 0.6 is 0 Å². The van der Waals surface area contributed by atoms with Gasteiger partial charge in [0.15, 0.2) is 0 Å². The van der Waals surface area contributed by atoms with Crippen LogP contribution in [0.5, 0.6) is 0 Å². The maximum atomic E-state index is 13.3. The molecule has 138 valence electrons. The van der Waals surface area contributed by atoms with Crippen LogP contribution in [0.25, 0.3) is 0 Å². The van der Waals surface area contributed by atoms with Crippen molar-refractivity contribution in [2.75, 3.05) is 26.2 Å². The lowest BCUT2D eigenvalue weighted by Crippen LogP contribution is -2.52. The Bertz CT molecular complexity index is 397. The van der Waals surface area contributed by atoms with Gasteiger partial charge in [-0.1, -0.05) is 45.4 Å². The topological polar surface area (TPSA) is 49.6 Å². The Hall–Kier alpha value is -0.610. The smallest absolute Gasteiger partial charge is 0.237 e. The zero-order chi connectivity index (χ0) is 17.0. The van der Waals surface area contributed by atoms with Crippen LogP contribution in [0.4, 0.5) is 0 Å². The normalized spacial score (nSPS) is 30.6. The number of carbonyl (C=O) groups excluding carboxylic acids is 1. The molecule has 2 saturated carbocycles. The number of rotatable bonds is 5. The van der Waals surface area contributed by atoms with Gasteiger partial charge in [-0.05, 0) is 50.6 Å². The van der Waals surface area contributed by atoms with Crippen LogP contribution in [0.2, 0.25) is 0 Å². The molecule has 0 spiro atoms. The van der Waals surface area contributed by atoms with E-state index in [4.69, 9.17) is 5.73 Å². The Morgan fingerprint density at radius 1 is 1.04 bits per heavy atom. The van der Waals surface area contributed by atoms with Crippen molar-refractivity contribution >= 4 is 5.91 Å². The van der Waals surface area contributed by atoms with Crippen LogP contribution in [-0.4, -0.2) is 54.0 Å². The van der Waals surface area contributed by atoms with Crippen LogP contribution in [0.3, 0.4) is 0 Å². The molecular weight excluding hydrogens is 298 g/mol. The van der Waals surface area contributed by atoms with Crippen LogP contribution in [0, 0.1) is 5.41 Å². The molecule has 1 atom stereocenters. The summed E-state index contributed by atoms with van der Waals surface area (Å²) >= 11 is 0. The minimum Gasteiger partial charge on any atom is -0.336 e. The predicted octanol–water partition coefficient (Wildman–Crippen LogP) is 3.15. The molecule has 3 aliphatic rings. The lowest BCUT2D eigenvalue weighted by Gasteiger charge is -2.42. The van der Waals surface area contributed by atoms with Crippen molar-refractivity contribution in [1.29, 1.82) is 0 Å². The van der Waals surface area contributed by atoms with E-state index < -0.39 is 0 Å². The van der Waals surface area contributed by atoms with Gasteiger partial charge in [0.1, 0.15) is 0 Å². The molecular formula is C20H37N3O. The van der Waals surface area contributed by atoms with Crippen molar-refractivity contribution < 1.29 is 4.79 Å². The lowest BCUT2D eigenvalue weighted by molar-refractivity contribution is -0.139. The average Bonchev–Trinajstić information content (AvgIpc) is 2.98. The van der Waals surface area contributed by atoms with Crippen LogP contribution in [0.15, 0.2) is 0 Å². The first-order valence-electron chi connectivity index (χ1n) is 10.3. The monoisotopic (exact) mass is 335 g/mol. The van der Waals surface area contributed by atoms with E-state index in [-0.39, 0.29) is 5.41 Å². The molecule has 24 heavy (non-hydrogen) atoms. The second-order valence-corrected chi connectivity index (χ2v) is 8.86. The quantitative estimate of drug-likeness (QED) is 0.839. The molecule has 1 saturated heterocycles. The van der Waals surface area contributed by atoms with Crippen LogP contribution < -0.4 is 5.73 Å². The van der Waals surface area contributed by atoms with Crippen LogP contribution in [0.1, 0.15) is 77.6 Å². The molecule has 0 aromatic rings. The van der Waals surface area contributed by atoms with Crippen molar-refractivity contribution in [3.05, 3.63) is 0 Å². The number of nitrogens with two attached hydrogens (primary N) is 1. The summed E-state index contributed by atoms with van der Waals surface area (Å²) in [7, 11) is 0. The first-order chi connectivity index (χ1) is 11.6. The van der Waals surface area contributed by atoms with Gasteiger partial charge in [0.05, 0.1) is 6.54 Å². The van der Waals surface area contributed by atoms with Crippen molar-refractivity contribution in [3.8, 4) is 0 Å². The van der Waals surface area contributed by atoms with E-state index in [0.717, 1.165) is 26.1 Å².